The van der Waals surface area contributed by atoms with Crippen LogP contribution in [0, 0.1) is 27.7 Å². The number of nitrogens with zero attached hydrogens (tertiary/aromatic N) is 2. The number of rotatable bonds is 6. The molecule has 2 saturated carbocycles. The first kappa shape index (κ1) is 44.3. The number of anilines is 4. The number of para-hydroxylation sites is 2. The van der Waals surface area contributed by atoms with Crippen LogP contribution in [-0.4, -0.2) is 11.1 Å². The summed E-state index contributed by atoms with van der Waals surface area (Å²) >= 11 is 0. The fourth-order valence-electron chi connectivity index (χ4n) is 16.1. The molecule has 0 amide bonds. The minimum absolute atomic E-state index is 0.0117. The summed E-state index contributed by atoms with van der Waals surface area (Å²) < 4.78 is 0. The van der Waals surface area contributed by atoms with Gasteiger partial charge >= 0.3 is 0 Å². The Morgan fingerprint density at radius 1 is 0.366 bits per heavy atom. The fraction of sp³-hybridized carbons (Fsp3) is 0.304. The predicted octanol–water partition coefficient (Wildman–Crippen LogP) is 18.1. The molecule has 0 radical (unpaired) electrons. The molecule has 13 rings (SSSR count). The molecule has 2 aliphatic heterocycles. The number of aryl methyl sites for hydroxylation is 2. The molecular formula is C69H68N2. The highest BCUT2D eigenvalue weighted by Crippen LogP contribution is 2.66. The molecule has 71 heavy (non-hydrogen) atoms. The number of hydrogen-bond acceptors (Lipinski definition) is 2. The summed E-state index contributed by atoms with van der Waals surface area (Å²) in [6, 6.07) is 65.3. The molecule has 2 nitrogen and oxygen atoms in total. The molecule has 0 N–H and O–H groups in total. The Morgan fingerprint density at radius 3 is 1.10 bits per heavy atom. The second-order valence-corrected chi connectivity index (χ2v) is 23.2. The van der Waals surface area contributed by atoms with Gasteiger partial charge in [0.25, 0.3) is 0 Å². The summed E-state index contributed by atoms with van der Waals surface area (Å²) in [6.07, 6.45) is 9.84. The zero-order chi connectivity index (χ0) is 48.7. The molecule has 4 atom stereocenters. The molecular weight excluding hydrogens is 857 g/mol. The van der Waals surface area contributed by atoms with Crippen molar-refractivity contribution in [1.82, 2.24) is 0 Å². The third-order valence-electron chi connectivity index (χ3n) is 19.8. The maximum absolute atomic E-state index is 2.75. The van der Waals surface area contributed by atoms with Gasteiger partial charge in [0.2, 0.25) is 0 Å². The second-order valence-electron chi connectivity index (χ2n) is 23.2. The zero-order valence-electron chi connectivity index (χ0n) is 43.2. The largest absolute Gasteiger partial charge is 0.334 e. The van der Waals surface area contributed by atoms with E-state index >= 15 is 0 Å². The lowest BCUT2D eigenvalue weighted by Crippen LogP contribution is -2.54. The fourth-order valence-corrected chi connectivity index (χ4v) is 16.1. The Hall–Kier alpha value is -6.64. The van der Waals surface area contributed by atoms with Gasteiger partial charge in [-0.1, -0.05) is 161 Å². The number of benzene rings is 8. The highest BCUT2D eigenvalue weighted by molar-refractivity contribution is 5.94. The van der Waals surface area contributed by atoms with E-state index in [0.717, 1.165) is 0 Å². The van der Waals surface area contributed by atoms with Crippen LogP contribution in [0.4, 0.5) is 22.7 Å². The van der Waals surface area contributed by atoms with Crippen LogP contribution in [0.15, 0.2) is 170 Å². The van der Waals surface area contributed by atoms with Crippen LogP contribution in [0.2, 0.25) is 0 Å². The van der Waals surface area contributed by atoms with Crippen LogP contribution in [-0.2, 0) is 16.2 Å². The maximum Gasteiger partial charge on any atom is 0.0713 e. The van der Waals surface area contributed by atoms with Gasteiger partial charge < -0.3 is 9.80 Å². The summed E-state index contributed by atoms with van der Waals surface area (Å²) in [5.41, 5.74) is 27.0. The minimum Gasteiger partial charge on any atom is -0.334 e. The normalized spacial score (nSPS) is 24.5. The molecule has 354 valence electrons. The van der Waals surface area contributed by atoms with E-state index in [1.807, 2.05) is 0 Å². The van der Waals surface area contributed by atoms with Crippen LogP contribution in [0.3, 0.4) is 0 Å². The first-order valence-electron chi connectivity index (χ1n) is 26.8. The Morgan fingerprint density at radius 2 is 0.718 bits per heavy atom. The van der Waals surface area contributed by atoms with E-state index in [1.165, 1.54) is 152 Å². The molecule has 2 heteroatoms. The van der Waals surface area contributed by atoms with Crippen molar-refractivity contribution in [3.8, 4) is 33.4 Å². The third kappa shape index (κ3) is 5.77. The van der Waals surface area contributed by atoms with Crippen molar-refractivity contribution in [2.75, 3.05) is 9.80 Å². The van der Waals surface area contributed by atoms with Crippen molar-refractivity contribution < 1.29 is 0 Å². The van der Waals surface area contributed by atoms with Gasteiger partial charge in [0, 0.05) is 33.6 Å². The van der Waals surface area contributed by atoms with E-state index in [-0.39, 0.29) is 21.9 Å². The smallest absolute Gasteiger partial charge is 0.0713 e. The van der Waals surface area contributed by atoms with Crippen LogP contribution in [0.25, 0.3) is 33.4 Å². The summed E-state index contributed by atoms with van der Waals surface area (Å²) in [4.78, 5) is 5.50. The van der Waals surface area contributed by atoms with E-state index < -0.39 is 5.41 Å². The quantitative estimate of drug-likeness (QED) is 0.164. The topological polar surface area (TPSA) is 6.48 Å². The summed E-state index contributed by atoms with van der Waals surface area (Å²) in [5, 5.41) is 0. The first-order valence-corrected chi connectivity index (χ1v) is 26.8. The lowest BCUT2D eigenvalue weighted by Gasteiger charge is -2.50. The van der Waals surface area contributed by atoms with Crippen molar-refractivity contribution in [3.05, 3.63) is 225 Å². The maximum atomic E-state index is 2.75. The summed E-state index contributed by atoms with van der Waals surface area (Å²) in [6.45, 7) is 19.9. The lowest BCUT2D eigenvalue weighted by molar-refractivity contribution is 0.194. The van der Waals surface area contributed by atoms with E-state index in [1.54, 1.807) is 11.1 Å². The standard InChI is InChI=1S/C69H68N2/c1-45-41-55(47(3)61-63(45)70(53-29-17-11-18-30-53)67(7)39-23-21-37-65(61,67)5)49-33-35-59-57(43-49)58-44-50(34-36-60(58)69(59,51-25-13-9-14-26-51)52-27-15-10-16-28-52)56-42-46(2)64-62(48(56)4)66(6)38-22-24-40-68(66,8)71(64)54-31-19-12-20-32-54/h9-20,25-36,41-44H,21-24,37-40H2,1-8H3. The predicted molar refractivity (Wildman–Crippen MR) is 299 cm³/mol. The average molecular weight is 925 g/mol. The molecule has 8 aromatic rings. The van der Waals surface area contributed by atoms with Crippen LogP contribution in [0.1, 0.15) is 135 Å². The number of hydrogen-bond donors (Lipinski definition) is 0. The minimum atomic E-state index is -0.489. The van der Waals surface area contributed by atoms with Crippen molar-refractivity contribution in [2.24, 2.45) is 0 Å². The SMILES string of the molecule is Cc1cc(-c2ccc3c(c2)-c2cc(-c4cc(C)c5c(c4C)C4(C)CCCCC4(C)N5c4ccccc4)ccc2C3(c2ccccc2)c2ccccc2)c(C)c2c1N(c1ccccc1)C1(C)CCCCC21C. The Kier molecular flexibility index (Phi) is 9.79. The highest BCUT2D eigenvalue weighted by Gasteiger charge is 2.60. The van der Waals surface area contributed by atoms with Gasteiger partial charge in [-0.3, -0.25) is 0 Å². The van der Waals surface area contributed by atoms with E-state index in [0.29, 0.717) is 0 Å². The monoisotopic (exact) mass is 925 g/mol. The van der Waals surface area contributed by atoms with Crippen molar-refractivity contribution >= 4 is 22.7 Å². The van der Waals surface area contributed by atoms with E-state index in [4.69, 9.17) is 0 Å². The summed E-state index contributed by atoms with van der Waals surface area (Å²) in [5.74, 6) is 0. The van der Waals surface area contributed by atoms with Crippen molar-refractivity contribution in [2.45, 2.75) is 134 Å². The van der Waals surface area contributed by atoms with E-state index in [9.17, 15) is 0 Å². The molecule has 3 aliphatic carbocycles. The van der Waals surface area contributed by atoms with Gasteiger partial charge in [-0.05, 0) is 205 Å². The van der Waals surface area contributed by atoms with Gasteiger partial charge in [-0.2, -0.15) is 0 Å². The van der Waals surface area contributed by atoms with Gasteiger partial charge in [0.1, 0.15) is 0 Å². The number of fused-ring (bicyclic) bond motifs is 9. The van der Waals surface area contributed by atoms with Gasteiger partial charge in [0.05, 0.1) is 16.5 Å². The Labute approximate surface area is 423 Å². The highest BCUT2D eigenvalue weighted by atomic mass is 15.3. The van der Waals surface area contributed by atoms with E-state index in [2.05, 4.69) is 235 Å². The van der Waals surface area contributed by atoms with Crippen molar-refractivity contribution in [1.29, 1.82) is 0 Å². The zero-order valence-corrected chi connectivity index (χ0v) is 43.2. The van der Waals surface area contributed by atoms with Crippen LogP contribution >= 0.6 is 0 Å². The molecule has 8 aromatic carbocycles. The van der Waals surface area contributed by atoms with Crippen LogP contribution in [0.5, 0.6) is 0 Å². The van der Waals surface area contributed by atoms with Crippen LogP contribution < -0.4 is 9.80 Å². The van der Waals surface area contributed by atoms with Gasteiger partial charge in [0.15, 0.2) is 0 Å². The molecule has 2 heterocycles. The molecule has 0 spiro atoms. The van der Waals surface area contributed by atoms with Gasteiger partial charge in [-0.25, -0.2) is 0 Å². The first-order chi connectivity index (χ1) is 34.4. The molecule has 0 bridgehead atoms. The molecule has 4 unspecified atom stereocenters. The van der Waals surface area contributed by atoms with Gasteiger partial charge in [-0.15, -0.1) is 0 Å². The molecule has 5 aliphatic rings. The molecule has 0 saturated heterocycles. The second kappa shape index (κ2) is 15.7. The Bertz CT molecular complexity index is 3200. The lowest BCUT2D eigenvalue weighted by atomic mass is 9.60. The Balaban J connectivity index is 1.04. The van der Waals surface area contributed by atoms with Crippen molar-refractivity contribution in [3.63, 3.8) is 0 Å². The average Bonchev–Trinajstić information content (AvgIpc) is 3.91. The molecule has 2 fully saturated rings. The molecule has 0 aromatic heterocycles. The summed E-state index contributed by atoms with van der Waals surface area (Å²) in [7, 11) is 0. The third-order valence-corrected chi connectivity index (χ3v) is 19.8.